The molecule has 7 nitrogen and oxygen atoms in total. The highest BCUT2D eigenvalue weighted by molar-refractivity contribution is 5.80. The number of rotatable bonds is 8. The monoisotopic (exact) mass is 375 g/mol. The van der Waals surface area contributed by atoms with Crippen molar-refractivity contribution < 1.29 is 0 Å². The van der Waals surface area contributed by atoms with Gasteiger partial charge in [-0.3, -0.25) is 14.6 Å². The quantitative estimate of drug-likeness (QED) is 0.411. The number of aliphatic imine (C=N–C) groups is 1. The van der Waals surface area contributed by atoms with Crippen LogP contribution in [0.25, 0.3) is 0 Å². The van der Waals surface area contributed by atoms with E-state index in [1.54, 1.807) is 0 Å². The largest absolute Gasteiger partial charge is 0.357 e. The molecule has 152 valence electrons. The first-order chi connectivity index (χ1) is 12.9. The van der Waals surface area contributed by atoms with Crippen LogP contribution in [0.15, 0.2) is 29.5 Å². The van der Waals surface area contributed by atoms with Gasteiger partial charge in [-0.15, -0.1) is 0 Å². The Kier molecular flexibility index (Phi) is 8.31. The van der Waals surface area contributed by atoms with Gasteiger partial charge in [0.05, 0.1) is 18.8 Å². The van der Waals surface area contributed by atoms with E-state index in [0.29, 0.717) is 12.6 Å². The Morgan fingerprint density at radius 2 is 2.11 bits per heavy atom. The lowest BCUT2D eigenvalue weighted by Gasteiger charge is -2.33. The fourth-order valence-corrected chi connectivity index (χ4v) is 3.49. The second-order valence-electron chi connectivity index (χ2n) is 7.80. The zero-order chi connectivity index (χ0) is 19.8. The molecule has 0 aliphatic carbocycles. The summed E-state index contributed by atoms with van der Waals surface area (Å²) in [5, 5.41) is 11.3. The maximum Gasteiger partial charge on any atom is 0.191 e. The summed E-state index contributed by atoms with van der Waals surface area (Å²) in [5.74, 6) is 0.909. The molecule has 1 aliphatic heterocycles. The van der Waals surface area contributed by atoms with Crippen LogP contribution in [0.5, 0.6) is 0 Å². The van der Waals surface area contributed by atoms with E-state index < -0.39 is 0 Å². The van der Waals surface area contributed by atoms with Gasteiger partial charge >= 0.3 is 0 Å². The van der Waals surface area contributed by atoms with Gasteiger partial charge in [-0.1, -0.05) is 12.2 Å². The number of nitrogens with one attached hydrogen (secondary N) is 2. The molecular weight excluding hydrogens is 338 g/mol. The van der Waals surface area contributed by atoms with Crippen molar-refractivity contribution in [3.63, 3.8) is 0 Å². The van der Waals surface area contributed by atoms with Crippen LogP contribution in [-0.2, 0) is 7.05 Å². The van der Waals surface area contributed by atoms with Gasteiger partial charge in [0.15, 0.2) is 5.96 Å². The van der Waals surface area contributed by atoms with Gasteiger partial charge < -0.3 is 15.5 Å². The van der Waals surface area contributed by atoms with Crippen molar-refractivity contribution in [1.82, 2.24) is 30.2 Å². The van der Waals surface area contributed by atoms with Crippen molar-refractivity contribution >= 4 is 5.96 Å². The molecule has 1 aromatic heterocycles. The van der Waals surface area contributed by atoms with Crippen molar-refractivity contribution in [2.24, 2.45) is 12.0 Å². The lowest BCUT2D eigenvalue weighted by molar-refractivity contribution is 0.221. The van der Waals surface area contributed by atoms with Gasteiger partial charge in [-0.2, -0.15) is 5.10 Å². The van der Waals surface area contributed by atoms with Crippen LogP contribution in [0.3, 0.4) is 0 Å². The Balaban J connectivity index is 1.94. The minimum Gasteiger partial charge on any atom is -0.357 e. The van der Waals surface area contributed by atoms with E-state index in [4.69, 9.17) is 4.99 Å². The Morgan fingerprint density at radius 3 is 2.63 bits per heavy atom. The first-order valence-corrected chi connectivity index (χ1v) is 9.95. The number of guanidine groups is 1. The highest BCUT2D eigenvalue weighted by Crippen LogP contribution is 2.17. The van der Waals surface area contributed by atoms with E-state index in [2.05, 4.69) is 66.3 Å². The van der Waals surface area contributed by atoms with Crippen LogP contribution in [0, 0.1) is 0 Å². The zero-order valence-corrected chi connectivity index (χ0v) is 17.7. The molecule has 0 amide bonds. The Bertz CT molecular complexity index is 612. The van der Waals surface area contributed by atoms with Gasteiger partial charge in [-0.05, 0) is 40.8 Å². The summed E-state index contributed by atoms with van der Waals surface area (Å²) in [6.07, 6.45) is 6.27. The molecule has 7 heteroatoms. The molecule has 0 aromatic carbocycles. The minimum atomic E-state index is 0.214. The molecule has 0 bridgehead atoms. The average Bonchev–Trinajstić information content (AvgIpc) is 3.02. The topological polar surface area (TPSA) is 60.7 Å². The molecule has 2 rings (SSSR count). The van der Waals surface area contributed by atoms with Gasteiger partial charge in [0.2, 0.25) is 0 Å². The SMILES string of the molecule is C=C(C)CN1CCC(NC(=NCC(c2cnn(C)c2)N(C)C)NCC)CC1. The predicted molar refractivity (Wildman–Crippen MR) is 113 cm³/mol. The van der Waals surface area contributed by atoms with Crippen molar-refractivity contribution in [3.8, 4) is 0 Å². The second-order valence-corrected chi connectivity index (χ2v) is 7.80. The highest BCUT2D eigenvalue weighted by Gasteiger charge is 2.20. The summed E-state index contributed by atoms with van der Waals surface area (Å²) >= 11 is 0. The molecule has 0 spiro atoms. The first-order valence-electron chi connectivity index (χ1n) is 9.95. The molecule has 1 unspecified atom stereocenters. The Hall–Kier alpha value is -1.86. The maximum atomic E-state index is 4.87. The summed E-state index contributed by atoms with van der Waals surface area (Å²) in [5.41, 5.74) is 2.43. The van der Waals surface area contributed by atoms with Crippen molar-refractivity contribution in [3.05, 3.63) is 30.1 Å². The van der Waals surface area contributed by atoms with E-state index in [9.17, 15) is 0 Å². The molecule has 1 saturated heterocycles. The fourth-order valence-electron chi connectivity index (χ4n) is 3.49. The number of piperidine rings is 1. The van der Waals surface area contributed by atoms with E-state index in [0.717, 1.165) is 45.0 Å². The van der Waals surface area contributed by atoms with Crippen LogP contribution in [-0.4, -0.2) is 78.4 Å². The lowest BCUT2D eigenvalue weighted by atomic mass is 10.0. The fraction of sp³-hybridized carbons (Fsp3) is 0.700. The van der Waals surface area contributed by atoms with Crippen LogP contribution < -0.4 is 10.6 Å². The van der Waals surface area contributed by atoms with Gasteiger partial charge in [0, 0.05) is 51.0 Å². The summed E-state index contributed by atoms with van der Waals surface area (Å²) in [6.45, 7) is 13.0. The van der Waals surface area contributed by atoms with Crippen molar-refractivity contribution in [1.29, 1.82) is 0 Å². The number of hydrogen-bond donors (Lipinski definition) is 2. The second kappa shape index (κ2) is 10.5. The van der Waals surface area contributed by atoms with E-state index in [1.165, 1.54) is 11.1 Å². The van der Waals surface area contributed by atoms with E-state index in [-0.39, 0.29) is 6.04 Å². The summed E-state index contributed by atoms with van der Waals surface area (Å²) < 4.78 is 1.84. The van der Waals surface area contributed by atoms with Crippen LogP contribution >= 0.6 is 0 Å². The van der Waals surface area contributed by atoms with Crippen LogP contribution in [0.1, 0.15) is 38.3 Å². The molecular formula is C20H37N7. The number of aromatic nitrogens is 2. The smallest absolute Gasteiger partial charge is 0.191 e. The van der Waals surface area contributed by atoms with Crippen LogP contribution in [0.2, 0.25) is 0 Å². The number of aryl methyl sites for hydroxylation is 1. The third-order valence-electron chi connectivity index (χ3n) is 4.92. The maximum absolute atomic E-state index is 4.87. The standard InChI is InChI=1S/C20H37N7/c1-7-21-20(24-18-8-10-27(11-9-18)14-16(2)3)22-13-19(25(4)5)17-12-23-26(6)15-17/h12,15,18-19H,2,7-11,13-14H2,1,3-6H3,(H2,21,22,24). The lowest BCUT2D eigenvalue weighted by Crippen LogP contribution is -2.49. The number of likely N-dealkylation sites (tertiary alicyclic amines) is 1. The summed E-state index contributed by atoms with van der Waals surface area (Å²) in [7, 11) is 6.13. The molecule has 2 heterocycles. The van der Waals surface area contributed by atoms with Crippen LogP contribution in [0.4, 0.5) is 0 Å². The zero-order valence-electron chi connectivity index (χ0n) is 17.7. The molecule has 27 heavy (non-hydrogen) atoms. The normalized spacial score (nSPS) is 17.9. The third-order valence-corrected chi connectivity index (χ3v) is 4.92. The highest BCUT2D eigenvalue weighted by atomic mass is 15.3. The number of hydrogen-bond acceptors (Lipinski definition) is 4. The predicted octanol–water partition coefficient (Wildman–Crippen LogP) is 1.62. The van der Waals surface area contributed by atoms with E-state index >= 15 is 0 Å². The number of nitrogens with zero attached hydrogens (tertiary/aromatic N) is 5. The van der Waals surface area contributed by atoms with Gasteiger partial charge in [0.25, 0.3) is 0 Å². The molecule has 1 fully saturated rings. The van der Waals surface area contributed by atoms with Gasteiger partial charge in [0.1, 0.15) is 0 Å². The minimum absolute atomic E-state index is 0.214. The summed E-state index contributed by atoms with van der Waals surface area (Å²) in [6, 6.07) is 0.687. The van der Waals surface area contributed by atoms with Crippen molar-refractivity contribution in [2.75, 3.05) is 46.8 Å². The summed E-state index contributed by atoms with van der Waals surface area (Å²) in [4.78, 5) is 9.55. The van der Waals surface area contributed by atoms with Crippen molar-refractivity contribution in [2.45, 2.75) is 38.8 Å². The molecule has 1 aliphatic rings. The first kappa shape index (κ1) is 21.4. The van der Waals surface area contributed by atoms with Gasteiger partial charge in [-0.25, -0.2) is 0 Å². The number of likely N-dealkylation sites (N-methyl/N-ethyl adjacent to an activating group) is 1. The van der Waals surface area contributed by atoms with E-state index in [1.807, 2.05) is 17.9 Å². The third kappa shape index (κ3) is 6.99. The molecule has 1 atom stereocenters. The Morgan fingerprint density at radius 1 is 1.41 bits per heavy atom. The molecule has 0 saturated carbocycles. The molecule has 0 radical (unpaired) electrons. The average molecular weight is 376 g/mol. The molecule has 1 aromatic rings. The molecule has 2 N–H and O–H groups in total. The Labute approximate surface area is 164 Å².